The second-order valence-corrected chi connectivity index (χ2v) is 3.09. The van der Waals surface area contributed by atoms with E-state index in [4.69, 9.17) is 15.3 Å². The molecule has 1 atom stereocenters. The van der Waals surface area contributed by atoms with Crippen LogP contribution in [0.3, 0.4) is 0 Å². The number of hydrogen-bond donors (Lipinski definition) is 2. The van der Waals surface area contributed by atoms with Crippen molar-refractivity contribution in [2.75, 3.05) is 23.8 Å². The van der Waals surface area contributed by atoms with Crippen LogP contribution in [0.1, 0.15) is 12.8 Å². The van der Waals surface area contributed by atoms with Crippen LogP contribution in [0.2, 0.25) is 0 Å². The highest BCUT2D eigenvalue weighted by molar-refractivity contribution is 5.31. The first-order chi connectivity index (χ1) is 6.31. The van der Waals surface area contributed by atoms with Gasteiger partial charge < -0.3 is 20.2 Å². The smallest absolute Gasteiger partial charge is 0.319 e. The maximum absolute atomic E-state index is 9.04. The molecule has 3 N–H and O–H groups in total. The van der Waals surface area contributed by atoms with Crippen molar-refractivity contribution in [3.05, 3.63) is 0 Å². The predicted octanol–water partition coefficient (Wildman–Crippen LogP) is -0.387. The molecule has 0 amide bonds. The van der Waals surface area contributed by atoms with E-state index in [0.29, 0.717) is 6.01 Å². The monoisotopic (exact) mass is 184 g/mol. The standard InChI is InChI=1S/C7H12N4O2/c8-6-9-10-7(13-6)11-3-1-2-5(11)4-12/h5,12H,1-4H2,(H2,8,9). The van der Waals surface area contributed by atoms with Crippen molar-refractivity contribution in [2.24, 2.45) is 0 Å². The van der Waals surface area contributed by atoms with Crippen molar-refractivity contribution in [2.45, 2.75) is 18.9 Å². The number of anilines is 2. The highest BCUT2D eigenvalue weighted by atomic mass is 16.4. The molecule has 13 heavy (non-hydrogen) atoms. The van der Waals surface area contributed by atoms with Crippen molar-refractivity contribution in [1.82, 2.24) is 10.2 Å². The summed E-state index contributed by atoms with van der Waals surface area (Å²) in [5.74, 6) is 0. The molecule has 0 aromatic carbocycles. The molecule has 1 aromatic rings. The van der Waals surface area contributed by atoms with Crippen LogP contribution in [-0.2, 0) is 0 Å². The van der Waals surface area contributed by atoms with Crippen molar-refractivity contribution in [3.63, 3.8) is 0 Å². The lowest BCUT2D eigenvalue weighted by molar-refractivity contribution is 0.263. The Bertz CT molecular complexity index is 288. The Kier molecular flexibility index (Phi) is 2.05. The third-order valence-corrected chi connectivity index (χ3v) is 2.26. The molecular weight excluding hydrogens is 172 g/mol. The van der Waals surface area contributed by atoms with Crippen LogP contribution in [-0.4, -0.2) is 34.5 Å². The van der Waals surface area contributed by atoms with Crippen molar-refractivity contribution in [3.8, 4) is 0 Å². The van der Waals surface area contributed by atoms with Gasteiger partial charge in [0.1, 0.15) is 0 Å². The van der Waals surface area contributed by atoms with Crippen LogP contribution in [0.4, 0.5) is 12.0 Å². The van der Waals surface area contributed by atoms with Gasteiger partial charge in [-0.05, 0) is 12.8 Å². The Morgan fingerprint density at radius 2 is 2.46 bits per heavy atom. The first kappa shape index (κ1) is 8.31. The van der Waals surface area contributed by atoms with Gasteiger partial charge in [0.2, 0.25) is 0 Å². The number of aromatic nitrogens is 2. The Hall–Kier alpha value is -1.30. The maximum atomic E-state index is 9.04. The average Bonchev–Trinajstić information content (AvgIpc) is 2.71. The Morgan fingerprint density at radius 1 is 1.62 bits per heavy atom. The zero-order chi connectivity index (χ0) is 9.26. The first-order valence-corrected chi connectivity index (χ1v) is 4.27. The fourth-order valence-corrected chi connectivity index (χ4v) is 1.62. The van der Waals surface area contributed by atoms with Gasteiger partial charge in [0.05, 0.1) is 12.6 Å². The lowest BCUT2D eigenvalue weighted by atomic mass is 10.2. The Balaban J connectivity index is 2.15. The molecule has 1 aliphatic heterocycles. The summed E-state index contributed by atoms with van der Waals surface area (Å²) < 4.78 is 5.07. The lowest BCUT2D eigenvalue weighted by Crippen LogP contribution is -2.32. The van der Waals surface area contributed by atoms with Gasteiger partial charge in [0, 0.05) is 6.54 Å². The summed E-state index contributed by atoms with van der Waals surface area (Å²) in [6, 6.07) is 0.576. The van der Waals surface area contributed by atoms with Crippen LogP contribution in [0.5, 0.6) is 0 Å². The van der Waals surface area contributed by atoms with E-state index in [1.165, 1.54) is 0 Å². The maximum Gasteiger partial charge on any atom is 0.319 e. The molecule has 6 nitrogen and oxygen atoms in total. The van der Waals surface area contributed by atoms with E-state index in [1.807, 2.05) is 4.90 Å². The number of aliphatic hydroxyl groups is 1. The molecule has 0 bridgehead atoms. The fourth-order valence-electron chi connectivity index (χ4n) is 1.62. The molecule has 1 aliphatic rings. The molecule has 2 heterocycles. The van der Waals surface area contributed by atoms with Gasteiger partial charge in [-0.1, -0.05) is 10.2 Å². The first-order valence-electron chi connectivity index (χ1n) is 4.27. The van der Waals surface area contributed by atoms with Crippen LogP contribution in [0.25, 0.3) is 0 Å². The molecule has 0 spiro atoms. The van der Waals surface area contributed by atoms with Crippen molar-refractivity contribution in [1.29, 1.82) is 0 Å². The van der Waals surface area contributed by atoms with E-state index in [-0.39, 0.29) is 18.7 Å². The number of aliphatic hydroxyl groups excluding tert-OH is 1. The summed E-state index contributed by atoms with van der Waals surface area (Å²) in [7, 11) is 0. The highest BCUT2D eigenvalue weighted by Crippen LogP contribution is 2.24. The van der Waals surface area contributed by atoms with Gasteiger partial charge in [0.25, 0.3) is 0 Å². The molecule has 1 unspecified atom stereocenters. The third-order valence-electron chi connectivity index (χ3n) is 2.26. The van der Waals surface area contributed by atoms with E-state index in [1.54, 1.807) is 0 Å². The SMILES string of the molecule is Nc1nnc(N2CCCC2CO)o1. The van der Waals surface area contributed by atoms with Crippen molar-refractivity contribution < 1.29 is 9.52 Å². The number of hydrogen-bond acceptors (Lipinski definition) is 6. The van der Waals surface area contributed by atoms with Gasteiger partial charge >= 0.3 is 12.0 Å². The molecule has 1 saturated heterocycles. The van der Waals surface area contributed by atoms with E-state index < -0.39 is 0 Å². The van der Waals surface area contributed by atoms with Gasteiger partial charge in [-0.15, -0.1) is 0 Å². The summed E-state index contributed by atoms with van der Waals surface area (Å²) in [6.07, 6.45) is 1.99. The summed E-state index contributed by atoms with van der Waals surface area (Å²) in [4.78, 5) is 1.89. The van der Waals surface area contributed by atoms with Gasteiger partial charge in [-0.25, -0.2) is 0 Å². The molecule has 1 fully saturated rings. The van der Waals surface area contributed by atoms with Crippen LogP contribution < -0.4 is 10.6 Å². The Morgan fingerprint density at radius 3 is 3.08 bits per heavy atom. The zero-order valence-corrected chi connectivity index (χ0v) is 7.18. The number of rotatable bonds is 2. The van der Waals surface area contributed by atoms with Crippen LogP contribution >= 0.6 is 0 Å². The number of nitrogens with zero attached hydrogens (tertiary/aromatic N) is 3. The molecule has 0 radical (unpaired) electrons. The fraction of sp³-hybridized carbons (Fsp3) is 0.714. The summed E-state index contributed by atoms with van der Waals surface area (Å²) in [5.41, 5.74) is 5.30. The topological polar surface area (TPSA) is 88.4 Å². The second-order valence-electron chi connectivity index (χ2n) is 3.09. The molecule has 0 saturated carbocycles. The Labute approximate surface area is 75.3 Å². The average molecular weight is 184 g/mol. The highest BCUT2D eigenvalue weighted by Gasteiger charge is 2.27. The minimum absolute atomic E-state index is 0.0681. The van der Waals surface area contributed by atoms with Gasteiger partial charge in [0.15, 0.2) is 0 Å². The molecule has 2 rings (SSSR count). The van der Waals surface area contributed by atoms with Crippen molar-refractivity contribution >= 4 is 12.0 Å². The number of nitrogens with two attached hydrogens (primary N) is 1. The normalized spacial score (nSPS) is 22.5. The molecule has 6 heteroatoms. The largest absolute Gasteiger partial charge is 0.394 e. The van der Waals surface area contributed by atoms with E-state index in [9.17, 15) is 0 Å². The van der Waals surface area contributed by atoms with Gasteiger partial charge in [-0.2, -0.15) is 0 Å². The summed E-state index contributed by atoms with van der Waals surface area (Å²) in [5, 5.41) is 16.4. The quantitative estimate of drug-likeness (QED) is 0.651. The molecule has 0 aliphatic carbocycles. The third kappa shape index (κ3) is 1.44. The second kappa shape index (κ2) is 3.21. The zero-order valence-electron chi connectivity index (χ0n) is 7.18. The van der Waals surface area contributed by atoms with Crippen LogP contribution in [0, 0.1) is 0 Å². The number of nitrogen functional groups attached to an aromatic ring is 1. The summed E-state index contributed by atoms with van der Waals surface area (Å²) >= 11 is 0. The molecular formula is C7H12N4O2. The minimum atomic E-state index is 0.0681. The van der Waals surface area contributed by atoms with E-state index >= 15 is 0 Å². The van der Waals surface area contributed by atoms with E-state index in [2.05, 4.69) is 10.2 Å². The molecule has 1 aromatic heterocycles. The van der Waals surface area contributed by atoms with Crippen LogP contribution in [0.15, 0.2) is 4.42 Å². The summed E-state index contributed by atoms with van der Waals surface area (Å²) in [6.45, 7) is 0.954. The predicted molar refractivity (Wildman–Crippen MR) is 46.2 cm³/mol. The minimum Gasteiger partial charge on any atom is -0.394 e. The molecule has 72 valence electrons. The van der Waals surface area contributed by atoms with E-state index in [0.717, 1.165) is 19.4 Å². The lowest BCUT2D eigenvalue weighted by Gasteiger charge is -2.19. The van der Waals surface area contributed by atoms with Gasteiger partial charge in [-0.3, -0.25) is 0 Å².